The third kappa shape index (κ3) is 3.19. The second kappa shape index (κ2) is 9.02. The van der Waals surface area contributed by atoms with Gasteiger partial charge in [0.15, 0.2) is 0 Å². The van der Waals surface area contributed by atoms with Gasteiger partial charge in [0.2, 0.25) is 0 Å². The minimum Gasteiger partial charge on any atom is -0.0955 e. The van der Waals surface area contributed by atoms with Crippen molar-refractivity contribution in [3.05, 3.63) is 77.4 Å². The molecular formula is C33H38. The Hall–Kier alpha value is -3.12. The van der Waals surface area contributed by atoms with Gasteiger partial charge in [-0.1, -0.05) is 90.2 Å². The topological polar surface area (TPSA) is 0 Å². The zero-order chi connectivity index (χ0) is 23.3. The molecule has 170 valence electrons. The highest BCUT2D eigenvalue weighted by molar-refractivity contribution is 6.39. The van der Waals surface area contributed by atoms with Crippen LogP contribution in [-0.2, 0) is 0 Å². The third-order valence-corrected chi connectivity index (χ3v) is 6.76. The summed E-state index contributed by atoms with van der Waals surface area (Å²) < 4.78 is 0. The van der Waals surface area contributed by atoms with E-state index in [1.54, 1.807) is 0 Å². The summed E-state index contributed by atoms with van der Waals surface area (Å²) in [6, 6.07) is 18.3. The van der Waals surface area contributed by atoms with E-state index in [1.807, 2.05) is 27.7 Å². The maximum absolute atomic E-state index is 4.38. The van der Waals surface area contributed by atoms with Crippen LogP contribution in [0.3, 0.4) is 0 Å². The van der Waals surface area contributed by atoms with Gasteiger partial charge in [-0.2, -0.15) is 0 Å². The van der Waals surface area contributed by atoms with Crippen LogP contribution < -0.4 is 0 Å². The SMILES string of the molecule is C.C=C(C)c1c2cccc3c(C)cc4c(C)c5cccc6c(C)cc1c(c65)c4c32.CC.CC. The second-order valence-electron chi connectivity index (χ2n) is 8.47. The lowest BCUT2D eigenvalue weighted by molar-refractivity contribution is 1.50. The molecule has 0 heterocycles. The predicted octanol–water partition coefficient (Wildman–Crippen LogP) is 11.0. The molecule has 0 N–H and O–H groups in total. The van der Waals surface area contributed by atoms with Crippen LogP contribution in [-0.4, -0.2) is 0 Å². The van der Waals surface area contributed by atoms with Gasteiger partial charge in [-0.3, -0.25) is 0 Å². The Morgan fingerprint density at radius 3 is 1.55 bits per heavy atom. The average molecular weight is 435 g/mol. The fourth-order valence-corrected chi connectivity index (χ4v) is 5.59. The van der Waals surface area contributed by atoms with Gasteiger partial charge in [-0.15, -0.1) is 0 Å². The third-order valence-electron chi connectivity index (χ3n) is 6.76. The van der Waals surface area contributed by atoms with Gasteiger partial charge >= 0.3 is 0 Å². The minimum atomic E-state index is 0. The average Bonchev–Trinajstić information content (AvgIpc) is 2.82. The molecular weight excluding hydrogens is 396 g/mol. The Balaban J connectivity index is 0.000000583. The van der Waals surface area contributed by atoms with Gasteiger partial charge < -0.3 is 0 Å². The first kappa shape index (κ1) is 24.5. The van der Waals surface area contributed by atoms with E-state index in [2.05, 4.69) is 82.8 Å². The number of hydrogen-bond donors (Lipinski definition) is 0. The lowest BCUT2D eigenvalue weighted by Crippen LogP contribution is -1.97. The Morgan fingerprint density at radius 2 is 1.00 bits per heavy atom. The van der Waals surface area contributed by atoms with E-state index >= 15 is 0 Å². The number of aryl methyl sites for hydroxylation is 3. The van der Waals surface area contributed by atoms with Crippen molar-refractivity contribution in [2.24, 2.45) is 0 Å². The molecule has 0 atom stereocenters. The van der Waals surface area contributed by atoms with Crippen molar-refractivity contribution in [3.63, 3.8) is 0 Å². The summed E-state index contributed by atoms with van der Waals surface area (Å²) in [5.41, 5.74) is 6.53. The van der Waals surface area contributed by atoms with Crippen LogP contribution in [0.15, 0.2) is 55.1 Å². The number of rotatable bonds is 1. The summed E-state index contributed by atoms with van der Waals surface area (Å²) >= 11 is 0. The fraction of sp³-hybridized carbons (Fsp3) is 0.273. The number of benzene rings is 6. The quantitative estimate of drug-likeness (QED) is 0.178. The van der Waals surface area contributed by atoms with Gasteiger partial charge in [0, 0.05) is 0 Å². The van der Waals surface area contributed by atoms with E-state index in [0.717, 1.165) is 5.57 Å². The minimum absolute atomic E-state index is 0. The number of allylic oxidation sites excluding steroid dienone is 1. The lowest BCUT2D eigenvalue weighted by atomic mass is 9.79. The van der Waals surface area contributed by atoms with E-state index in [1.165, 1.54) is 76.1 Å². The van der Waals surface area contributed by atoms with Crippen molar-refractivity contribution in [1.29, 1.82) is 0 Å². The van der Waals surface area contributed by atoms with Crippen LogP contribution in [0.1, 0.15) is 64.3 Å². The molecule has 0 aliphatic heterocycles. The molecule has 6 aromatic carbocycles. The van der Waals surface area contributed by atoms with Crippen molar-refractivity contribution in [1.82, 2.24) is 0 Å². The molecule has 0 unspecified atom stereocenters. The fourth-order valence-electron chi connectivity index (χ4n) is 5.59. The molecule has 0 amide bonds. The van der Waals surface area contributed by atoms with Crippen LogP contribution in [0, 0.1) is 20.8 Å². The van der Waals surface area contributed by atoms with E-state index in [9.17, 15) is 0 Å². The number of hydrogen-bond acceptors (Lipinski definition) is 0. The molecule has 0 aliphatic carbocycles. The molecule has 0 radical (unpaired) electrons. The molecule has 6 rings (SSSR count). The highest BCUT2D eigenvalue weighted by atomic mass is 14.2. The summed E-state index contributed by atoms with van der Waals surface area (Å²) in [4.78, 5) is 0. The molecule has 0 bridgehead atoms. The van der Waals surface area contributed by atoms with E-state index in [4.69, 9.17) is 0 Å². The molecule has 0 spiro atoms. The molecule has 0 fully saturated rings. The Bertz CT molecular complexity index is 1590. The van der Waals surface area contributed by atoms with Crippen LogP contribution in [0.5, 0.6) is 0 Å². The molecule has 0 nitrogen and oxygen atoms in total. The van der Waals surface area contributed by atoms with Gasteiger partial charge in [0.1, 0.15) is 0 Å². The molecule has 33 heavy (non-hydrogen) atoms. The van der Waals surface area contributed by atoms with Crippen LogP contribution in [0.4, 0.5) is 0 Å². The summed E-state index contributed by atoms with van der Waals surface area (Å²) in [6.45, 7) is 21.3. The first-order valence-electron chi connectivity index (χ1n) is 12.0. The van der Waals surface area contributed by atoms with Gasteiger partial charge in [-0.05, 0) is 109 Å². The molecule has 0 aliphatic rings. The van der Waals surface area contributed by atoms with Crippen molar-refractivity contribution in [3.8, 4) is 0 Å². The van der Waals surface area contributed by atoms with Gasteiger partial charge in [-0.25, -0.2) is 0 Å². The predicted molar refractivity (Wildman–Crippen MR) is 155 cm³/mol. The van der Waals surface area contributed by atoms with Crippen LogP contribution in [0.2, 0.25) is 0 Å². The molecule has 0 aromatic heterocycles. The Kier molecular flexibility index (Phi) is 6.70. The smallest absolute Gasteiger partial charge is 0.000757 e. The maximum atomic E-state index is 4.38. The molecule has 0 heteroatoms. The summed E-state index contributed by atoms with van der Waals surface area (Å²) in [5, 5.41) is 13.9. The van der Waals surface area contributed by atoms with Crippen LogP contribution in [0.25, 0.3) is 59.4 Å². The lowest BCUT2D eigenvalue weighted by Gasteiger charge is -2.23. The van der Waals surface area contributed by atoms with Crippen molar-refractivity contribution in [2.45, 2.75) is 62.8 Å². The summed E-state index contributed by atoms with van der Waals surface area (Å²) in [7, 11) is 0. The Labute approximate surface area is 199 Å². The van der Waals surface area contributed by atoms with Gasteiger partial charge in [0.05, 0.1) is 0 Å². The standard InChI is InChI=1S/C28H22.2C2H6.CH4/c1-14(2)24-21-11-7-9-19-15(3)12-22-17(5)20-10-6-8-18-16(4)13-23(24)28(25(18)20)27(22)26(19)21;2*1-2;/h6-13H,1H2,2-5H3;2*1-2H3;1H4. The molecule has 0 saturated heterocycles. The van der Waals surface area contributed by atoms with Crippen molar-refractivity contribution >= 4 is 59.4 Å². The van der Waals surface area contributed by atoms with Crippen molar-refractivity contribution in [2.75, 3.05) is 0 Å². The summed E-state index contributed by atoms with van der Waals surface area (Å²) in [6.07, 6.45) is 0. The highest BCUT2D eigenvalue weighted by Crippen LogP contribution is 2.49. The largest absolute Gasteiger partial charge is 0.0955 e. The zero-order valence-electron chi connectivity index (χ0n) is 20.8. The first-order valence-corrected chi connectivity index (χ1v) is 12.0. The molecule has 0 saturated carbocycles. The Morgan fingerprint density at radius 1 is 0.576 bits per heavy atom. The normalized spacial score (nSPS) is 10.9. The zero-order valence-corrected chi connectivity index (χ0v) is 20.8. The van der Waals surface area contributed by atoms with Gasteiger partial charge in [0.25, 0.3) is 0 Å². The first-order chi connectivity index (χ1) is 15.5. The van der Waals surface area contributed by atoms with E-state index in [-0.39, 0.29) is 7.43 Å². The highest BCUT2D eigenvalue weighted by Gasteiger charge is 2.22. The van der Waals surface area contributed by atoms with Crippen LogP contribution >= 0.6 is 0 Å². The molecule has 6 aromatic rings. The second-order valence-corrected chi connectivity index (χ2v) is 8.47. The summed E-state index contributed by atoms with van der Waals surface area (Å²) in [5.74, 6) is 0. The monoisotopic (exact) mass is 434 g/mol. The van der Waals surface area contributed by atoms with E-state index in [0.29, 0.717) is 0 Å². The van der Waals surface area contributed by atoms with Crippen molar-refractivity contribution < 1.29 is 0 Å². The van der Waals surface area contributed by atoms with E-state index < -0.39 is 0 Å². The maximum Gasteiger partial charge on any atom is -0.000757 e.